The van der Waals surface area contributed by atoms with Crippen LogP contribution in [0.15, 0.2) is 21.1 Å². The molecule has 0 amide bonds. The minimum atomic E-state index is 0.0770. The lowest BCUT2D eigenvalue weighted by atomic mass is 9.66. The maximum absolute atomic E-state index is 12.4. The van der Waals surface area contributed by atoms with Gasteiger partial charge in [-0.3, -0.25) is 4.79 Å². The third-order valence-electron chi connectivity index (χ3n) is 5.06. The van der Waals surface area contributed by atoms with Crippen LogP contribution in [0.1, 0.15) is 55.7 Å². The van der Waals surface area contributed by atoms with Crippen molar-refractivity contribution in [2.75, 3.05) is 0 Å². The van der Waals surface area contributed by atoms with Crippen molar-refractivity contribution in [2.24, 2.45) is 5.41 Å². The van der Waals surface area contributed by atoms with E-state index in [0.717, 1.165) is 23.7 Å². The van der Waals surface area contributed by atoms with Gasteiger partial charge < -0.3 is 0 Å². The van der Waals surface area contributed by atoms with E-state index in [2.05, 4.69) is 57.8 Å². The fourth-order valence-electron chi connectivity index (χ4n) is 3.90. The molecule has 1 aromatic carbocycles. The fraction of sp³-hybridized carbons (Fsp3) is 0.500. The van der Waals surface area contributed by atoms with E-state index in [1.54, 1.807) is 0 Å². The standard InChI is InChI=1S/C18H20Br2O/c1-3-4-8-18-9-7-13-12(6-5-11(2)16(13)19)15(18)17(20)14(21)10-18/h5-6H,3-4,7-10H2,1-2H3. The molecule has 0 saturated carbocycles. The summed E-state index contributed by atoms with van der Waals surface area (Å²) >= 11 is 7.35. The average molecular weight is 412 g/mol. The Morgan fingerprint density at radius 1 is 1.29 bits per heavy atom. The number of unbranched alkanes of at least 4 members (excludes halogenated alkanes) is 1. The molecule has 2 aliphatic rings. The predicted octanol–water partition coefficient (Wildman–Crippen LogP) is 5.96. The lowest BCUT2D eigenvalue weighted by Gasteiger charge is -2.38. The van der Waals surface area contributed by atoms with Gasteiger partial charge in [0.25, 0.3) is 0 Å². The highest BCUT2D eigenvalue weighted by Gasteiger charge is 2.47. The zero-order valence-corrected chi connectivity index (χ0v) is 15.7. The first-order valence-electron chi connectivity index (χ1n) is 7.72. The normalized spacial score (nSPS) is 24.3. The SMILES string of the molecule is CCCCC12CCc3c(ccc(C)c3Br)C1=C(Br)C(=O)C2. The Hall–Kier alpha value is -0.410. The van der Waals surface area contributed by atoms with Crippen molar-refractivity contribution in [1.29, 1.82) is 0 Å². The third kappa shape index (κ3) is 2.37. The summed E-state index contributed by atoms with van der Waals surface area (Å²) in [6.07, 6.45) is 6.36. The number of hydrogen-bond donors (Lipinski definition) is 0. The number of carbonyl (C=O) groups is 1. The topological polar surface area (TPSA) is 17.1 Å². The molecule has 0 spiro atoms. The van der Waals surface area contributed by atoms with Crippen LogP contribution < -0.4 is 0 Å². The van der Waals surface area contributed by atoms with Crippen molar-refractivity contribution in [3.63, 3.8) is 0 Å². The van der Waals surface area contributed by atoms with E-state index in [4.69, 9.17) is 0 Å². The van der Waals surface area contributed by atoms with E-state index in [0.29, 0.717) is 6.42 Å². The van der Waals surface area contributed by atoms with Gasteiger partial charge in [-0.15, -0.1) is 0 Å². The number of benzene rings is 1. The van der Waals surface area contributed by atoms with E-state index in [-0.39, 0.29) is 11.2 Å². The molecule has 0 aliphatic heterocycles. The lowest BCUT2D eigenvalue weighted by molar-refractivity contribution is -0.115. The highest BCUT2D eigenvalue weighted by molar-refractivity contribution is 9.12. The molecular weight excluding hydrogens is 392 g/mol. The molecule has 0 bridgehead atoms. The second-order valence-corrected chi connectivity index (χ2v) is 7.98. The molecular formula is C18H20Br2O. The van der Waals surface area contributed by atoms with E-state index in [1.165, 1.54) is 39.6 Å². The van der Waals surface area contributed by atoms with E-state index >= 15 is 0 Å². The Labute approximate surface area is 143 Å². The molecule has 1 unspecified atom stereocenters. The number of Topliss-reactive ketones (excluding diaryl/α,β-unsaturated/α-hetero) is 1. The van der Waals surface area contributed by atoms with E-state index in [9.17, 15) is 4.79 Å². The summed E-state index contributed by atoms with van der Waals surface area (Å²) in [5.74, 6) is 0.283. The molecule has 0 heterocycles. The predicted molar refractivity (Wildman–Crippen MR) is 94.6 cm³/mol. The van der Waals surface area contributed by atoms with Crippen molar-refractivity contribution >= 4 is 43.2 Å². The molecule has 1 atom stereocenters. The molecule has 1 nitrogen and oxygen atoms in total. The van der Waals surface area contributed by atoms with Gasteiger partial charge in [-0.1, -0.05) is 47.8 Å². The van der Waals surface area contributed by atoms with Gasteiger partial charge in [0, 0.05) is 16.3 Å². The molecule has 0 fully saturated rings. The van der Waals surface area contributed by atoms with Crippen LogP contribution in [0.4, 0.5) is 0 Å². The van der Waals surface area contributed by atoms with Gasteiger partial charge in [-0.2, -0.15) is 0 Å². The van der Waals surface area contributed by atoms with E-state index < -0.39 is 0 Å². The summed E-state index contributed by atoms with van der Waals surface area (Å²) < 4.78 is 2.05. The zero-order chi connectivity index (χ0) is 15.2. The van der Waals surface area contributed by atoms with E-state index in [1.807, 2.05) is 0 Å². The van der Waals surface area contributed by atoms with Gasteiger partial charge in [0.1, 0.15) is 0 Å². The number of aryl methyl sites for hydroxylation is 1. The second-order valence-electron chi connectivity index (χ2n) is 6.40. The average Bonchev–Trinajstić information content (AvgIpc) is 2.73. The minimum Gasteiger partial charge on any atom is -0.294 e. The monoisotopic (exact) mass is 410 g/mol. The molecule has 3 rings (SSSR count). The Bertz CT molecular complexity index is 645. The summed E-state index contributed by atoms with van der Waals surface area (Å²) in [6.45, 7) is 4.36. The van der Waals surface area contributed by atoms with Crippen LogP contribution in [0.3, 0.4) is 0 Å². The number of fused-ring (bicyclic) bond motifs is 3. The molecule has 0 N–H and O–H groups in total. The summed E-state index contributed by atoms with van der Waals surface area (Å²) in [6, 6.07) is 4.37. The van der Waals surface area contributed by atoms with Crippen molar-refractivity contribution in [3.8, 4) is 0 Å². The smallest absolute Gasteiger partial charge is 0.171 e. The molecule has 112 valence electrons. The van der Waals surface area contributed by atoms with Crippen LogP contribution in [0.2, 0.25) is 0 Å². The summed E-state index contributed by atoms with van der Waals surface area (Å²) in [7, 11) is 0. The van der Waals surface area contributed by atoms with Crippen LogP contribution in [-0.2, 0) is 11.2 Å². The van der Waals surface area contributed by atoms with Crippen LogP contribution >= 0.6 is 31.9 Å². The van der Waals surface area contributed by atoms with Crippen molar-refractivity contribution in [1.82, 2.24) is 0 Å². The van der Waals surface area contributed by atoms with Crippen LogP contribution in [0.25, 0.3) is 5.57 Å². The summed E-state index contributed by atoms with van der Waals surface area (Å²) in [5, 5.41) is 0. The van der Waals surface area contributed by atoms with Crippen LogP contribution in [0.5, 0.6) is 0 Å². The van der Waals surface area contributed by atoms with Gasteiger partial charge in [0.05, 0.1) is 4.48 Å². The maximum atomic E-state index is 12.4. The second kappa shape index (κ2) is 5.66. The molecule has 0 aromatic heterocycles. The summed E-state index contributed by atoms with van der Waals surface area (Å²) in [5.41, 5.74) is 5.29. The number of rotatable bonds is 3. The third-order valence-corrected chi connectivity index (χ3v) is 7.00. The highest BCUT2D eigenvalue weighted by atomic mass is 79.9. The van der Waals surface area contributed by atoms with Gasteiger partial charge in [0.15, 0.2) is 5.78 Å². The van der Waals surface area contributed by atoms with Gasteiger partial charge in [0.2, 0.25) is 0 Å². The Morgan fingerprint density at radius 2 is 2.05 bits per heavy atom. The van der Waals surface area contributed by atoms with Crippen molar-refractivity contribution in [3.05, 3.63) is 37.8 Å². The van der Waals surface area contributed by atoms with Crippen molar-refractivity contribution in [2.45, 2.75) is 52.4 Å². The number of halogens is 2. The number of allylic oxidation sites excluding steroid dienone is 2. The van der Waals surface area contributed by atoms with Crippen LogP contribution in [0, 0.1) is 12.3 Å². The van der Waals surface area contributed by atoms with Crippen molar-refractivity contribution < 1.29 is 4.79 Å². The zero-order valence-electron chi connectivity index (χ0n) is 12.6. The first-order valence-corrected chi connectivity index (χ1v) is 9.30. The summed E-state index contributed by atoms with van der Waals surface area (Å²) in [4.78, 5) is 12.4. The van der Waals surface area contributed by atoms with Gasteiger partial charge in [-0.05, 0) is 64.4 Å². The first-order chi connectivity index (χ1) is 10.00. The van der Waals surface area contributed by atoms with Gasteiger partial charge in [-0.25, -0.2) is 0 Å². The molecule has 2 aliphatic carbocycles. The largest absolute Gasteiger partial charge is 0.294 e. The lowest BCUT2D eigenvalue weighted by Crippen LogP contribution is -2.26. The first kappa shape index (κ1) is 15.5. The van der Waals surface area contributed by atoms with Gasteiger partial charge >= 0.3 is 0 Å². The number of carbonyl (C=O) groups excluding carboxylic acids is 1. The quantitative estimate of drug-likeness (QED) is 0.599. The minimum absolute atomic E-state index is 0.0770. The van der Waals surface area contributed by atoms with Crippen LogP contribution in [-0.4, -0.2) is 5.78 Å². The molecule has 0 radical (unpaired) electrons. The number of hydrogen-bond acceptors (Lipinski definition) is 1. The maximum Gasteiger partial charge on any atom is 0.171 e. The Balaban J connectivity index is 2.17. The Kier molecular flexibility index (Phi) is 4.17. The highest BCUT2D eigenvalue weighted by Crippen LogP contribution is 2.58. The molecule has 1 aromatic rings. The molecule has 3 heteroatoms. The number of ketones is 1. The molecule has 21 heavy (non-hydrogen) atoms. The Morgan fingerprint density at radius 3 is 2.76 bits per heavy atom. The fourth-order valence-corrected chi connectivity index (χ4v) is 5.22. The molecule has 0 saturated heterocycles.